The number of fused-ring (bicyclic) bond motifs is 5. The molecule has 0 N–H and O–H groups in total. The highest BCUT2D eigenvalue weighted by atomic mass is 15.1. The lowest BCUT2D eigenvalue weighted by Gasteiger charge is -2.34. The zero-order valence-electron chi connectivity index (χ0n) is 16.7. The fourth-order valence-corrected chi connectivity index (χ4v) is 4.74. The number of hydrogen-bond acceptors (Lipinski definition) is 1. The van der Waals surface area contributed by atoms with E-state index >= 15 is 0 Å². The predicted octanol–water partition coefficient (Wildman–Crippen LogP) is 6.87. The maximum Gasteiger partial charge on any atom is 0.0795 e. The van der Waals surface area contributed by atoms with Crippen LogP contribution in [0.3, 0.4) is 0 Å². The molecule has 1 aliphatic rings. The Hall–Kier alpha value is -3.06. The highest BCUT2D eigenvalue weighted by Gasteiger charge is 2.25. The molecule has 1 unspecified atom stereocenters. The minimum atomic E-state index is 0.259. The second-order valence-electron chi connectivity index (χ2n) is 7.89. The Morgan fingerprint density at radius 1 is 0.821 bits per heavy atom. The van der Waals surface area contributed by atoms with Crippen LogP contribution in [0.1, 0.15) is 40.8 Å². The smallest absolute Gasteiger partial charge is 0.0795 e. The molecule has 4 aromatic rings. The van der Waals surface area contributed by atoms with E-state index in [1.54, 1.807) is 0 Å². The predicted molar refractivity (Wildman–Crippen MR) is 121 cm³/mol. The van der Waals surface area contributed by atoms with Gasteiger partial charge in [0.05, 0.1) is 6.04 Å². The van der Waals surface area contributed by atoms with Crippen molar-refractivity contribution in [2.75, 3.05) is 7.05 Å². The molecular formula is C27H25N. The highest BCUT2D eigenvalue weighted by molar-refractivity contribution is 6.10. The Bertz CT molecular complexity index is 1230. The van der Waals surface area contributed by atoms with Crippen molar-refractivity contribution in [3.05, 3.63) is 101 Å². The van der Waals surface area contributed by atoms with Crippen LogP contribution in [0.5, 0.6) is 0 Å². The summed E-state index contributed by atoms with van der Waals surface area (Å²) in [4.78, 5) is 2.34. The van der Waals surface area contributed by atoms with Crippen LogP contribution < -0.4 is 0 Å². The van der Waals surface area contributed by atoms with Gasteiger partial charge in [-0.15, -0.1) is 0 Å². The van der Waals surface area contributed by atoms with Crippen molar-refractivity contribution in [1.82, 2.24) is 4.90 Å². The Kier molecular flexibility index (Phi) is 3.98. The minimum absolute atomic E-state index is 0.259. The van der Waals surface area contributed by atoms with Crippen LogP contribution in [0.25, 0.3) is 27.6 Å². The number of aryl methyl sites for hydroxylation is 2. The number of rotatable bonds is 2. The Balaban J connectivity index is 1.78. The molecule has 0 fully saturated rings. The normalized spacial score (nSPS) is 16.0. The SMILES string of the molecule is CCc1ccccc1C1c2ccc3c(ccc4cc(C)ccc43)c2C=CN1C. The highest BCUT2D eigenvalue weighted by Crippen LogP contribution is 2.40. The lowest BCUT2D eigenvalue weighted by Crippen LogP contribution is -2.24. The minimum Gasteiger partial charge on any atom is -0.369 e. The average molecular weight is 364 g/mol. The van der Waals surface area contributed by atoms with Crippen molar-refractivity contribution in [3.8, 4) is 0 Å². The van der Waals surface area contributed by atoms with Gasteiger partial charge in [0.2, 0.25) is 0 Å². The van der Waals surface area contributed by atoms with Crippen LogP contribution in [0, 0.1) is 6.92 Å². The van der Waals surface area contributed by atoms with Gasteiger partial charge in [0, 0.05) is 13.2 Å². The molecule has 0 bridgehead atoms. The lowest BCUT2D eigenvalue weighted by atomic mass is 9.85. The standard InChI is InChI=1S/C27H25N/c1-4-19-7-5-6-8-22(19)27-26-14-13-23-21-11-9-18(2)17-20(21)10-12-24(23)25(26)15-16-28(27)3/h5-17,27H,4H2,1-3H3. The summed E-state index contributed by atoms with van der Waals surface area (Å²) in [5.41, 5.74) is 6.89. The summed E-state index contributed by atoms with van der Waals surface area (Å²) < 4.78 is 0. The number of benzene rings is 4. The Morgan fingerprint density at radius 3 is 2.46 bits per heavy atom. The zero-order valence-corrected chi connectivity index (χ0v) is 16.7. The van der Waals surface area contributed by atoms with E-state index < -0.39 is 0 Å². The molecule has 1 atom stereocenters. The van der Waals surface area contributed by atoms with Crippen LogP contribution in [-0.4, -0.2) is 11.9 Å². The average Bonchev–Trinajstić information content (AvgIpc) is 2.72. The molecule has 0 saturated carbocycles. The van der Waals surface area contributed by atoms with Gasteiger partial charge in [-0.1, -0.05) is 79.2 Å². The van der Waals surface area contributed by atoms with E-state index in [0.29, 0.717) is 0 Å². The summed E-state index contributed by atoms with van der Waals surface area (Å²) in [6.07, 6.45) is 5.57. The molecule has 1 aliphatic heterocycles. The van der Waals surface area contributed by atoms with E-state index in [2.05, 4.69) is 105 Å². The second-order valence-corrected chi connectivity index (χ2v) is 7.89. The van der Waals surface area contributed by atoms with Crippen molar-refractivity contribution >= 4 is 27.6 Å². The molecular weight excluding hydrogens is 338 g/mol. The molecule has 0 aliphatic carbocycles. The number of hydrogen-bond donors (Lipinski definition) is 0. The first kappa shape index (κ1) is 17.1. The van der Waals surface area contributed by atoms with Crippen LogP contribution in [0.15, 0.2) is 72.9 Å². The van der Waals surface area contributed by atoms with Crippen LogP contribution in [-0.2, 0) is 6.42 Å². The summed E-state index contributed by atoms with van der Waals surface area (Å²) in [7, 11) is 2.18. The molecule has 1 heteroatoms. The van der Waals surface area contributed by atoms with Gasteiger partial charge < -0.3 is 4.90 Å². The van der Waals surface area contributed by atoms with Crippen molar-refractivity contribution in [2.45, 2.75) is 26.3 Å². The van der Waals surface area contributed by atoms with Gasteiger partial charge in [-0.2, -0.15) is 0 Å². The Morgan fingerprint density at radius 2 is 1.61 bits per heavy atom. The zero-order chi connectivity index (χ0) is 19.3. The monoisotopic (exact) mass is 363 g/mol. The first-order valence-corrected chi connectivity index (χ1v) is 10.1. The van der Waals surface area contributed by atoms with Gasteiger partial charge in [-0.3, -0.25) is 0 Å². The third kappa shape index (κ3) is 2.54. The van der Waals surface area contributed by atoms with Crippen molar-refractivity contribution in [1.29, 1.82) is 0 Å². The van der Waals surface area contributed by atoms with E-state index in [4.69, 9.17) is 0 Å². The number of nitrogens with zero attached hydrogens (tertiary/aromatic N) is 1. The molecule has 0 amide bonds. The quantitative estimate of drug-likeness (QED) is 0.351. The molecule has 4 aromatic carbocycles. The third-order valence-electron chi connectivity index (χ3n) is 6.16. The topological polar surface area (TPSA) is 3.24 Å². The fourth-order valence-electron chi connectivity index (χ4n) is 4.74. The van der Waals surface area contributed by atoms with Crippen LogP contribution in [0.4, 0.5) is 0 Å². The molecule has 5 rings (SSSR count). The van der Waals surface area contributed by atoms with E-state index in [9.17, 15) is 0 Å². The maximum atomic E-state index is 2.34. The first-order chi connectivity index (χ1) is 13.7. The molecule has 0 aromatic heterocycles. The van der Waals surface area contributed by atoms with Gasteiger partial charge in [0.25, 0.3) is 0 Å². The summed E-state index contributed by atoms with van der Waals surface area (Å²) in [5.74, 6) is 0. The molecule has 1 nitrogen and oxygen atoms in total. The van der Waals surface area contributed by atoms with E-state index in [1.807, 2.05) is 0 Å². The van der Waals surface area contributed by atoms with Gasteiger partial charge in [0.15, 0.2) is 0 Å². The second kappa shape index (κ2) is 6.53. The van der Waals surface area contributed by atoms with Crippen molar-refractivity contribution in [2.24, 2.45) is 0 Å². The van der Waals surface area contributed by atoms with E-state index in [0.717, 1.165) is 6.42 Å². The van der Waals surface area contributed by atoms with E-state index in [-0.39, 0.29) is 6.04 Å². The lowest BCUT2D eigenvalue weighted by molar-refractivity contribution is 0.380. The van der Waals surface area contributed by atoms with Crippen molar-refractivity contribution < 1.29 is 0 Å². The maximum absolute atomic E-state index is 2.34. The van der Waals surface area contributed by atoms with Gasteiger partial charge in [-0.05, 0) is 63.2 Å². The summed E-state index contributed by atoms with van der Waals surface area (Å²) in [6.45, 7) is 4.40. The summed E-state index contributed by atoms with van der Waals surface area (Å²) in [5, 5.41) is 5.34. The molecule has 0 radical (unpaired) electrons. The molecule has 138 valence electrons. The third-order valence-corrected chi connectivity index (χ3v) is 6.16. The molecule has 1 heterocycles. The molecule has 0 spiro atoms. The van der Waals surface area contributed by atoms with Gasteiger partial charge in [-0.25, -0.2) is 0 Å². The first-order valence-electron chi connectivity index (χ1n) is 10.1. The van der Waals surface area contributed by atoms with Crippen LogP contribution in [0.2, 0.25) is 0 Å². The van der Waals surface area contributed by atoms with Gasteiger partial charge >= 0.3 is 0 Å². The van der Waals surface area contributed by atoms with Crippen molar-refractivity contribution in [3.63, 3.8) is 0 Å². The van der Waals surface area contributed by atoms with Crippen LogP contribution >= 0.6 is 0 Å². The Labute approximate surface area is 166 Å². The van der Waals surface area contributed by atoms with Gasteiger partial charge in [0.1, 0.15) is 0 Å². The summed E-state index contributed by atoms with van der Waals surface area (Å²) in [6, 6.07) is 25.1. The summed E-state index contributed by atoms with van der Waals surface area (Å²) >= 11 is 0. The van der Waals surface area contributed by atoms with E-state index in [1.165, 1.54) is 49.4 Å². The largest absolute Gasteiger partial charge is 0.369 e. The fraction of sp³-hybridized carbons (Fsp3) is 0.185. The molecule has 28 heavy (non-hydrogen) atoms. The molecule has 0 saturated heterocycles.